The molecular formula is C13H22Cl2N2O2. The van der Waals surface area contributed by atoms with Crippen LogP contribution in [0.5, 0.6) is 11.5 Å². The lowest BCUT2D eigenvalue weighted by atomic mass is 10.1. The summed E-state index contributed by atoms with van der Waals surface area (Å²) in [6.07, 6.45) is 0. The van der Waals surface area contributed by atoms with Gasteiger partial charge in [0.1, 0.15) is 0 Å². The molecule has 0 spiro atoms. The van der Waals surface area contributed by atoms with Gasteiger partial charge >= 0.3 is 0 Å². The number of nitrogens with zero attached hydrogens (tertiary/aromatic N) is 1. The predicted molar refractivity (Wildman–Crippen MR) is 82.2 cm³/mol. The van der Waals surface area contributed by atoms with Gasteiger partial charge in [0.25, 0.3) is 0 Å². The van der Waals surface area contributed by atoms with E-state index in [0.29, 0.717) is 0 Å². The van der Waals surface area contributed by atoms with Crippen molar-refractivity contribution in [2.75, 3.05) is 40.4 Å². The van der Waals surface area contributed by atoms with Gasteiger partial charge in [0.15, 0.2) is 11.5 Å². The number of ether oxygens (including phenoxy) is 2. The Kier molecular flexibility index (Phi) is 8.93. The summed E-state index contributed by atoms with van der Waals surface area (Å²) < 4.78 is 10.5. The number of benzene rings is 1. The normalized spacial score (nSPS) is 15.1. The lowest BCUT2D eigenvalue weighted by molar-refractivity contribution is 0.233. The minimum Gasteiger partial charge on any atom is -0.493 e. The third-order valence-corrected chi connectivity index (χ3v) is 3.06. The van der Waals surface area contributed by atoms with Crippen molar-refractivity contribution < 1.29 is 9.47 Å². The van der Waals surface area contributed by atoms with Crippen LogP contribution in [0, 0.1) is 0 Å². The van der Waals surface area contributed by atoms with E-state index < -0.39 is 0 Å². The van der Waals surface area contributed by atoms with Crippen molar-refractivity contribution in [1.29, 1.82) is 0 Å². The van der Waals surface area contributed by atoms with Crippen molar-refractivity contribution >= 4 is 24.8 Å². The van der Waals surface area contributed by atoms with Crippen LogP contribution in [0.2, 0.25) is 0 Å². The van der Waals surface area contributed by atoms with Crippen LogP contribution in [-0.2, 0) is 6.54 Å². The Morgan fingerprint density at radius 1 is 1.05 bits per heavy atom. The minimum absolute atomic E-state index is 0. The Hall–Kier alpha value is -0.680. The van der Waals surface area contributed by atoms with E-state index in [9.17, 15) is 0 Å². The smallest absolute Gasteiger partial charge is 0.161 e. The zero-order valence-electron chi connectivity index (χ0n) is 11.3. The summed E-state index contributed by atoms with van der Waals surface area (Å²) in [7, 11) is 3.33. The molecule has 1 fully saturated rings. The molecule has 1 aliphatic heterocycles. The molecule has 6 heteroatoms. The number of halogens is 2. The van der Waals surface area contributed by atoms with Gasteiger partial charge in [-0.15, -0.1) is 24.8 Å². The van der Waals surface area contributed by atoms with Gasteiger partial charge in [-0.1, -0.05) is 6.07 Å². The summed E-state index contributed by atoms with van der Waals surface area (Å²) in [4.78, 5) is 2.44. The van der Waals surface area contributed by atoms with Crippen LogP contribution in [0.25, 0.3) is 0 Å². The van der Waals surface area contributed by atoms with Gasteiger partial charge < -0.3 is 14.8 Å². The largest absolute Gasteiger partial charge is 0.493 e. The van der Waals surface area contributed by atoms with Crippen LogP contribution < -0.4 is 14.8 Å². The Bertz CT molecular complexity index is 372. The van der Waals surface area contributed by atoms with E-state index in [2.05, 4.69) is 22.3 Å². The molecule has 0 bridgehead atoms. The maximum Gasteiger partial charge on any atom is 0.161 e. The molecule has 0 amide bonds. The molecule has 0 atom stereocenters. The molecule has 1 aliphatic rings. The number of hydrogen-bond donors (Lipinski definition) is 1. The molecule has 0 unspecified atom stereocenters. The molecule has 0 aliphatic carbocycles. The molecule has 0 aromatic heterocycles. The SMILES string of the molecule is COc1ccc(CN2CCNCC2)cc1OC.Cl.Cl. The van der Waals surface area contributed by atoms with E-state index in [1.807, 2.05) is 6.07 Å². The number of methoxy groups -OCH3 is 2. The summed E-state index contributed by atoms with van der Waals surface area (Å²) in [5, 5.41) is 3.35. The zero-order chi connectivity index (χ0) is 12.1. The van der Waals surface area contributed by atoms with Gasteiger partial charge in [0.2, 0.25) is 0 Å². The van der Waals surface area contributed by atoms with Crippen LogP contribution in [-0.4, -0.2) is 45.3 Å². The van der Waals surface area contributed by atoms with Gasteiger partial charge in [-0.05, 0) is 17.7 Å². The van der Waals surface area contributed by atoms with Crippen molar-refractivity contribution in [3.63, 3.8) is 0 Å². The Morgan fingerprint density at radius 2 is 1.68 bits per heavy atom. The first-order chi connectivity index (χ1) is 8.33. The van der Waals surface area contributed by atoms with E-state index >= 15 is 0 Å². The van der Waals surface area contributed by atoms with E-state index in [-0.39, 0.29) is 24.8 Å². The Morgan fingerprint density at radius 3 is 2.26 bits per heavy atom. The van der Waals surface area contributed by atoms with Crippen LogP contribution in [0.15, 0.2) is 18.2 Å². The molecule has 19 heavy (non-hydrogen) atoms. The summed E-state index contributed by atoms with van der Waals surface area (Å²) >= 11 is 0. The fraction of sp³-hybridized carbons (Fsp3) is 0.538. The molecule has 0 radical (unpaired) electrons. The summed E-state index contributed by atoms with van der Waals surface area (Å²) in [5.41, 5.74) is 1.27. The molecule has 4 nitrogen and oxygen atoms in total. The molecule has 2 rings (SSSR count). The highest BCUT2D eigenvalue weighted by Gasteiger charge is 2.11. The van der Waals surface area contributed by atoms with Gasteiger partial charge in [-0.25, -0.2) is 0 Å². The highest BCUT2D eigenvalue weighted by Crippen LogP contribution is 2.27. The predicted octanol–water partition coefficient (Wildman–Crippen LogP) is 1.95. The fourth-order valence-corrected chi connectivity index (χ4v) is 2.11. The van der Waals surface area contributed by atoms with E-state index in [4.69, 9.17) is 9.47 Å². The first-order valence-electron chi connectivity index (χ1n) is 5.97. The third kappa shape index (κ3) is 5.07. The minimum atomic E-state index is 0. The second-order valence-corrected chi connectivity index (χ2v) is 4.22. The van der Waals surface area contributed by atoms with Crippen molar-refractivity contribution in [3.8, 4) is 11.5 Å². The lowest BCUT2D eigenvalue weighted by Crippen LogP contribution is -2.42. The van der Waals surface area contributed by atoms with Gasteiger partial charge in [0.05, 0.1) is 14.2 Å². The van der Waals surface area contributed by atoms with Gasteiger partial charge in [0, 0.05) is 32.7 Å². The van der Waals surface area contributed by atoms with Crippen LogP contribution in [0.3, 0.4) is 0 Å². The van der Waals surface area contributed by atoms with E-state index in [0.717, 1.165) is 44.2 Å². The van der Waals surface area contributed by atoms with Gasteiger partial charge in [-0.2, -0.15) is 0 Å². The summed E-state index contributed by atoms with van der Waals surface area (Å²) in [6, 6.07) is 6.13. The second kappa shape index (κ2) is 9.26. The van der Waals surface area contributed by atoms with Crippen molar-refractivity contribution in [1.82, 2.24) is 10.2 Å². The topological polar surface area (TPSA) is 33.7 Å². The number of piperazine rings is 1. The Balaban J connectivity index is 0.00000162. The molecule has 1 aromatic rings. The van der Waals surface area contributed by atoms with E-state index in [1.54, 1.807) is 14.2 Å². The number of rotatable bonds is 4. The van der Waals surface area contributed by atoms with Crippen LogP contribution in [0.1, 0.15) is 5.56 Å². The lowest BCUT2D eigenvalue weighted by Gasteiger charge is -2.27. The monoisotopic (exact) mass is 308 g/mol. The zero-order valence-corrected chi connectivity index (χ0v) is 13.0. The van der Waals surface area contributed by atoms with Crippen molar-refractivity contribution in [3.05, 3.63) is 23.8 Å². The third-order valence-electron chi connectivity index (χ3n) is 3.06. The van der Waals surface area contributed by atoms with Gasteiger partial charge in [-0.3, -0.25) is 4.90 Å². The molecular weight excluding hydrogens is 287 g/mol. The van der Waals surface area contributed by atoms with Crippen LogP contribution >= 0.6 is 24.8 Å². The first kappa shape index (κ1) is 18.3. The molecule has 1 saturated heterocycles. The Labute approximate surface area is 127 Å². The average Bonchev–Trinajstić information content (AvgIpc) is 2.40. The number of nitrogens with one attached hydrogen (secondary N) is 1. The summed E-state index contributed by atoms with van der Waals surface area (Å²) in [5.74, 6) is 1.59. The van der Waals surface area contributed by atoms with E-state index in [1.165, 1.54) is 5.56 Å². The van der Waals surface area contributed by atoms with Crippen LogP contribution in [0.4, 0.5) is 0 Å². The standard InChI is InChI=1S/C13H20N2O2.2ClH/c1-16-12-4-3-11(9-13(12)17-2)10-15-7-5-14-6-8-15;;/h3-4,9,14H,5-8,10H2,1-2H3;2*1H. The summed E-state index contributed by atoms with van der Waals surface area (Å²) in [6.45, 7) is 5.34. The number of hydrogen-bond acceptors (Lipinski definition) is 4. The highest BCUT2D eigenvalue weighted by molar-refractivity contribution is 5.85. The molecule has 1 aromatic carbocycles. The molecule has 0 saturated carbocycles. The van der Waals surface area contributed by atoms with Crippen molar-refractivity contribution in [2.24, 2.45) is 0 Å². The average molecular weight is 309 g/mol. The fourth-order valence-electron chi connectivity index (χ4n) is 2.11. The molecule has 1 N–H and O–H groups in total. The maximum atomic E-state index is 5.31. The molecule has 1 heterocycles. The second-order valence-electron chi connectivity index (χ2n) is 4.22. The maximum absolute atomic E-state index is 5.31. The first-order valence-corrected chi connectivity index (χ1v) is 5.97. The van der Waals surface area contributed by atoms with Crippen molar-refractivity contribution in [2.45, 2.75) is 6.54 Å². The molecule has 110 valence electrons. The quantitative estimate of drug-likeness (QED) is 0.922. The highest BCUT2D eigenvalue weighted by atomic mass is 35.5.